The number of anilines is 1. The molecule has 1 aliphatic heterocycles. The highest BCUT2D eigenvalue weighted by atomic mass is 32.1. The normalized spacial score (nSPS) is 16.0. The van der Waals surface area contributed by atoms with Crippen LogP contribution in [0.2, 0.25) is 0 Å². The molecule has 0 bridgehead atoms. The van der Waals surface area contributed by atoms with Crippen molar-refractivity contribution in [1.29, 1.82) is 0 Å². The van der Waals surface area contributed by atoms with Crippen molar-refractivity contribution in [2.24, 2.45) is 0 Å². The van der Waals surface area contributed by atoms with E-state index < -0.39 is 0 Å². The van der Waals surface area contributed by atoms with Gasteiger partial charge in [-0.05, 0) is 55.4 Å². The summed E-state index contributed by atoms with van der Waals surface area (Å²) >= 11 is 5.72. The number of hydrogen-bond donors (Lipinski definition) is 1. The van der Waals surface area contributed by atoms with Gasteiger partial charge < -0.3 is 24.4 Å². The summed E-state index contributed by atoms with van der Waals surface area (Å²) in [5.74, 6) is 1.61. The predicted octanol–water partition coefficient (Wildman–Crippen LogP) is 4.08. The van der Waals surface area contributed by atoms with Gasteiger partial charge in [-0.3, -0.25) is 0 Å². The average Bonchev–Trinajstić information content (AvgIpc) is 3.21. The average molecular weight is 387 g/mol. The van der Waals surface area contributed by atoms with Crippen LogP contribution < -0.4 is 14.8 Å². The van der Waals surface area contributed by atoms with Crippen molar-refractivity contribution in [3.8, 4) is 11.5 Å². The lowest BCUT2D eigenvalue weighted by Gasteiger charge is -2.29. The van der Waals surface area contributed by atoms with E-state index in [0.717, 1.165) is 48.7 Å². The fourth-order valence-electron chi connectivity index (χ4n) is 3.19. The SMILES string of the molecule is COc1ccc(OC)c(CN(CC2CCCO2)C(=S)Nc2ccccc2)c1. The molecule has 1 unspecified atom stereocenters. The Kier molecular flexibility index (Phi) is 6.90. The number of methoxy groups -OCH3 is 2. The van der Waals surface area contributed by atoms with Crippen molar-refractivity contribution >= 4 is 23.0 Å². The lowest BCUT2D eigenvalue weighted by Crippen LogP contribution is -2.39. The minimum atomic E-state index is 0.192. The van der Waals surface area contributed by atoms with Crippen LogP contribution in [-0.2, 0) is 11.3 Å². The minimum absolute atomic E-state index is 0.192. The third-order valence-electron chi connectivity index (χ3n) is 4.61. The van der Waals surface area contributed by atoms with Crippen LogP contribution in [0.15, 0.2) is 48.5 Å². The van der Waals surface area contributed by atoms with Crippen LogP contribution in [0.1, 0.15) is 18.4 Å². The molecule has 2 aromatic rings. The van der Waals surface area contributed by atoms with Crippen LogP contribution in [0.5, 0.6) is 11.5 Å². The van der Waals surface area contributed by atoms with Crippen molar-refractivity contribution in [3.05, 3.63) is 54.1 Å². The topological polar surface area (TPSA) is 43.0 Å². The summed E-state index contributed by atoms with van der Waals surface area (Å²) < 4.78 is 16.8. The van der Waals surface area contributed by atoms with Crippen LogP contribution in [0.3, 0.4) is 0 Å². The molecule has 2 aromatic carbocycles. The van der Waals surface area contributed by atoms with Gasteiger partial charge in [0.1, 0.15) is 11.5 Å². The van der Waals surface area contributed by atoms with E-state index in [4.69, 9.17) is 26.4 Å². The first-order valence-electron chi connectivity index (χ1n) is 9.13. The highest BCUT2D eigenvalue weighted by molar-refractivity contribution is 7.80. The van der Waals surface area contributed by atoms with Gasteiger partial charge in [0.05, 0.1) is 20.3 Å². The van der Waals surface area contributed by atoms with E-state index in [0.29, 0.717) is 11.7 Å². The van der Waals surface area contributed by atoms with Gasteiger partial charge in [0.25, 0.3) is 0 Å². The van der Waals surface area contributed by atoms with Gasteiger partial charge in [0.15, 0.2) is 5.11 Å². The monoisotopic (exact) mass is 386 g/mol. The molecule has 0 radical (unpaired) electrons. The van der Waals surface area contributed by atoms with Crippen LogP contribution >= 0.6 is 12.2 Å². The first-order chi connectivity index (χ1) is 13.2. The molecule has 1 atom stereocenters. The largest absolute Gasteiger partial charge is 0.497 e. The molecule has 5 nitrogen and oxygen atoms in total. The van der Waals surface area contributed by atoms with E-state index in [9.17, 15) is 0 Å². The smallest absolute Gasteiger partial charge is 0.173 e. The fraction of sp³-hybridized carbons (Fsp3) is 0.381. The zero-order valence-electron chi connectivity index (χ0n) is 15.8. The summed E-state index contributed by atoms with van der Waals surface area (Å²) in [6.07, 6.45) is 2.34. The van der Waals surface area contributed by atoms with Crippen LogP contribution in [0.4, 0.5) is 5.69 Å². The Balaban J connectivity index is 1.79. The highest BCUT2D eigenvalue weighted by Crippen LogP contribution is 2.26. The summed E-state index contributed by atoms with van der Waals surface area (Å²) in [5, 5.41) is 4.00. The standard InChI is InChI=1S/C21H26N2O3S/c1-24-18-10-11-20(25-2)16(13-18)14-23(15-19-9-6-12-26-19)21(27)22-17-7-4-3-5-8-17/h3-5,7-8,10-11,13,19H,6,9,12,14-15H2,1-2H3,(H,22,27). The maximum atomic E-state index is 5.84. The van der Waals surface area contributed by atoms with Crippen molar-refractivity contribution in [2.75, 3.05) is 32.7 Å². The minimum Gasteiger partial charge on any atom is -0.497 e. The molecular weight excluding hydrogens is 360 g/mol. The maximum Gasteiger partial charge on any atom is 0.173 e. The van der Waals surface area contributed by atoms with Gasteiger partial charge in [-0.25, -0.2) is 0 Å². The molecule has 1 fully saturated rings. The van der Waals surface area contributed by atoms with E-state index in [1.165, 1.54) is 0 Å². The number of hydrogen-bond acceptors (Lipinski definition) is 4. The Hall–Kier alpha value is -2.31. The quantitative estimate of drug-likeness (QED) is 0.723. The molecule has 1 aliphatic rings. The Morgan fingerprint density at radius 1 is 1.19 bits per heavy atom. The molecule has 0 aliphatic carbocycles. The number of ether oxygens (including phenoxy) is 3. The van der Waals surface area contributed by atoms with Crippen LogP contribution in [0, 0.1) is 0 Å². The molecule has 0 spiro atoms. The number of nitrogens with one attached hydrogen (secondary N) is 1. The lowest BCUT2D eigenvalue weighted by molar-refractivity contribution is 0.0903. The number of rotatable bonds is 7. The van der Waals surface area contributed by atoms with E-state index >= 15 is 0 Å². The number of para-hydroxylation sites is 1. The number of thiocarbonyl (C=S) groups is 1. The first-order valence-corrected chi connectivity index (χ1v) is 9.54. The Morgan fingerprint density at radius 3 is 2.67 bits per heavy atom. The van der Waals surface area contributed by atoms with Crippen molar-refractivity contribution in [2.45, 2.75) is 25.5 Å². The van der Waals surface area contributed by atoms with Gasteiger partial charge >= 0.3 is 0 Å². The van der Waals surface area contributed by atoms with E-state index in [1.807, 2.05) is 48.5 Å². The molecule has 0 saturated carbocycles. The molecule has 0 amide bonds. The lowest BCUT2D eigenvalue weighted by atomic mass is 10.1. The van der Waals surface area contributed by atoms with Gasteiger partial charge in [-0.15, -0.1) is 0 Å². The van der Waals surface area contributed by atoms with Crippen molar-refractivity contribution in [3.63, 3.8) is 0 Å². The van der Waals surface area contributed by atoms with Gasteiger partial charge in [-0.2, -0.15) is 0 Å². The summed E-state index contributed by atoms with van der Waals surface area (Å²) in [4.78, 5) is 2.13. The molecule has 6 heteroatoms. The van der Waals surface area contributed by atoms with Crippen LogP contribution in [0.25, 0.3) is 0 Å². The Labute approximate surface area is 166 Å². The molecule has 144 valence electrons. The summed E-state index contributed by atoms with van der Waals surface area (Å²) in [6, 6.07) is 15.8. The first kappa shape index (κ1) is 19.5. The molecule has 1 saturated heterocycles. The zero-order valence-corrected chi connectivity index (χ0v) is 16.6. The Morgan fingerprint density at radius 2 is 2.00 bits per heavy atom. The maximum absolute atomic E-state index is 5.84. The summed E-state index contributed by atoms with van der Waals surface area (Å²) in [7, 11) is 3.34. The van der Waals surface area contributed by atoms with Crippen LogP contribution in [-0.4, -0.2) is 43.5 Å². The molecular formula is C21H26N2O3S. The highest BCUT2D eigenvalue weighted by Gasteiger charge is 2.22. The predicted molar refractivity (Wildman–Crippen MR) is 112 cm³/mol. The second-order valence-electron chi connectivity index (χ2n) is 6.49. The number of benzene rings is 2. The van der Waals surface area contributed by atoms with Crippen molar-refractivity contribution < 1.29 is 14.2 Å². The second-order valence-corrected chi connectivity index (χ2v) is 6.88. The molecule has 3 rings (SSSR count). The molecule has 1 N–H and O–H groups in total. The van der Waals surface area contributed by atoms with Gasteiger partial charge in [0, 0.05) is 30.9 Å². The molecule has 27 heavy (non-hydrogen) atoms. The molecule has 0 aromatic heterocycles. The van der Waals surface area contributed by atoms with E-state index in [2.05, 4.69) is 10.2 Å². The fourth-order valence-corrected chi connectivity index (χ4v) is 3.45. The van der Waals surface area contributed by atoms with Gasteiger partial charge in [0.2, 0.25) is 0 Å². The van der Waals surface area contributed by atoms with Crippen molar-refractivity contribution in [1.82, 2.24) is 4.90 Å². The Bertz CT molecular complexity index is 748. The summed E-state index contributed by atoms with van der Waals surface area (Å²) in [5.41, 5.74) is 1.99. The van der Waals surface area contributed by atoms with E-state index in [-0.39, 0.29) is 6.10 Å². The third kappa shape index (κ3) is 5.34. The second kappa shape index (κ2) is 9.58. The van der Waals surface area contributed by atoms with Gasteiger partial charge in [-0.1, -0.05) is 18.2 Å². The van der Waals surface area contributed by atoms with E-state index in [1.54, 1.807) is 14.2 Å². The molecule has 1 heterocycles. The summed E-state index contributed by atoms with van der Waals surface area (Å²) in [6.45, 7) is 2.16. The zero-order chi connectivity index (χ0) is 19.1. The third-order valence-corrected chi connectivity index (χ3v) is 4.97. The number of nitrogens with zero attached hydrogens (tertiary/aromatic N) is 1.